The number of hydrogen-bond acceptors (Lipinski definition) is 3. The summed E-state index contributed by atoms with van der Waals surface area (Å²) in [6.45, 7) is 5.36. The van der Waals surface area contributed by atoms with E-state index < -0.39 is 12.1 Å². The fourth-order valence-corrected chi connectivity index (χ4v) is 2.47. The van der Waals surface area contributed by atoms with Gasteiger partial charge in [-0.15, -0.1) is 0 Å². The summed E-state index contributed by atoms with van der Waals surface area (Å²) in [5.41, 5.74) is 1.32. The number of rotatable bonds is 5. The van der Waals surface area contributed by atoms with E-state index in [1.54, 1.807) is 30.3 Å². The molecule has 0 saturated carbocycles. The number of hydrogen-bond donors (Lipinski definition) is 2. The van der Waals surface area contributed by atoms with Crippen LogP contribution in [0, 0.1) is 0 Å². The maximum Gasteiger partial charge on any atom is 0.344 e. The lowest BCUT2D eigenvalue weighted by atomic mass is 10.2. The number of H-pyrrole nitrogens is 1. The molecule has 0 bridgehead atoms. The molecule has 0 amide bonds. The highest BCUT2D eigenvalue weighted by Gasteiger charge is 2.12. The third kappa shape index (κ3) is 3.59. The Morgan fingerprint density at radius 3 is 2.46 bits per heavy atom. The Balaban J connectivity index is 1.94. The second-order valence-corrected chi connectivity index (χ2v) is 5.79. The molecule has 0 spiro atoms. The van der Waals surface area contributed by atoms with Gasteiger partial charge in [0.1, 0.15) is 5.75 Å². The lowest BCUT2D eigenvalue weighted by Crippen LogP contribution is -2.33. The van der Waals surface area contributed by atoms with Gasteiger partial charge in [0.05, 0.1) is 16.3 Å². The van der Waals surface area contributed by atoms with Gasteiger partial charge in [-0.2, -0.15) is 0 Å². The summed E-state index contributed by atoms with van der Waals surface area (Å²) >= 11 is 0. The molecule has 6 heteroatoms. The van der Waals surface area contributed by atoms with Gasteiger partial charge in [-0.25, -0.2) is 9.48 Å². The van der Waals surface area contributed by atoms with Crippen LogP contribution in [0.4, 0.5) is 0 Å². The molecule has 2 aromatic carbocycles. The molecule has 3 aromatic rings. The molecule has 6 nitrogen and oxygen atoms in total. The third-order valence-electron chi connectivity index (χ3n) is 3.87. The lowest BCUT2D eigenvalue weighted by Gasteiger charge is -2.09. The van der Waals surface area contributed by atoms with Gasteiger partial charge in [0.25, 0.3) is 5.56 Å². The summed E-state index contributed by atoms with van der Waals surface area (Å²) in [6.07, 6.45) is 0.796. The minimum atomic E-state index is -1.03. The molecule has 1 heterocycles. The van der Waals surface area contributed by atoms with E-state index in [2.05, 4.69) is 11.7 Å². The summed E-state index contributed by atoms with van der Waals surface area (Å²) in [7, 11) is 0. The lowest BCUT2D eigenvalue weighted by molar-refractivity contribution is -0.144. The number of nitrogens with zero attached hydrogens (tertiary/aromatic N) is 1. The van der Waals surface area contributed by atoms with E-state index in [1.165, 1.54) is 11.6 Å². The molecule has 26 heavy (non-hydrogen) atoms. The smallest absolute Gasteiger partial charge is 0.344 e. The van der Waals surface area contributed by atoms with Crippen LogP contribution in [0.5, 0.6) is 5.75 Å². The molecule has 0 fully saturated rings. The average molecular weight is 350 g/mol. The van der Waals surface area contributed by atoms with Crippen molar-refractivity contribution in [2.45, 2.75) is 13.0 Å². The van der Waals surface area contributed by atoms with Gasteiger partial charge in [0.15, 0.2) is 6.10 Å². The van der Waals surface area contributed by atoms with E-state index in [4.69, 9.17) is 9.84 Å². The minimum absolute atomic E-state index is 0.193. The number of para-hydroxylation sites is 1. The second kappa shape index (κ2) is 7.14. The van der Waals surface area contributed by atoms with Gasteiger partial charge in [0, 0.05) is 0 Å². The number of aliphatic carboxylic acids is 1. The van der Waals surface area contributed by atoms with Crippen LogP contribution in [-0.2, 0) is 4.79 Å². The van der Waals surface area contributed by atoms with Gasteiger partial charge in [-0.1, -0.05) is 36.9 Å². The molecule has 0 aliphatic carbocycles. The van der Waals surface area contributed by atoms with Gasteiger partial charge < -0.3 is 9.84 Å². The summed E-state index contributed by atoms with van der Waals surface area (Å²) in [6, 6.07) is 16.1. The summed E-state index contributed by atoms with van der Waals surface area (Å²) in [5.74, 6) is -0.584. The first-order valence-corrected chi connectivity index (χ1v) is 8.02. The quantitative estimate of drug-likeness (QED) is 0.725. The van der Waals surface area contributed by atoms with Crippen molar-refractivity contribution in [3.63, 3.8) is 0 Å². The number of carbonyl (C=O) groups is 1. The number of carboxylic acids is 1. The Kier molecular flexibility index (Phi) is 4.75. The molecule has 132 valence electrons. The van der Waals surface area contributed by atoms with Gasteiger partial charge >= 0.3 is 5.97 Å². The van der Waals surface area contributed by atoms with Crippen molar-refractivity contribution in [3.05, 3.63) is 81.1 Å². The van der Waals surface area contributed by atoms with Crippen molar-refractivity contribution < 1.29 is 14.6 Å². The molecule has 1 atom stereocenters. The fraction of sp³-hybridized carbons (Fsp3) is 0.100. The first-order chi connectivity index (χ1) is 12.5. The molecule has 0 saturated heterocycles. The monoisotopic (exact) mass is 350 g/mol. The zero-order valence-corrected chi connectivity index (χ0v) is 14.2. The normalized spacial score (nSPS) is 12.7. The van der Waals surface area contributed by atoms with Crippen molar-refractivity contribution >= 4 is 18.6 Å². The molecule has 0 radical (unpaired) electrons. The highest BCUT2D eigenvalue weighted by molar-refractivity contribution is 5.72. The first-order valence-electron chi connectivity index (χ1n) is 8.02. The van der Waals surface area contributed by atoms with E-state index in [0.29, 0.717) is 16.3 Å². The number of aromatic amines is 1. The molecule has 0 aliphatic heterocycles. The van der Waals surface area contributed by atoms with Crippen LogP contribution in [0.15, 0.2) is 59.4 Å². The fourth-order valence-electron chi connectivity index (χ4n) is 2.47. The van der Waals surface area contributed by atoms with E-state index >= 15 is 0 Å². The Labute approximate surface area is 149 Å². The molecular weight excluding hydrogens is 332 g/mol. The van der Waals surface area contributed by atoms with Gasteiger partial charge in [0.2, 0.25) is 0 Å². The van der Waals surface area contributed by atoms with Crippen LogP contribution in [-0.4, -0.2) is 27.0 Å². The average Bonchev–Trinajstić information content (AvgIpc) is 2.92. The van der Waals surface area contributed by atoms with Crippen LogP contribution in [0.2, 0.25) is 0 Å². The first kappa shape index (κ1) is 17.3. The molecule has 0 unspecified atom stereocenters. The van der Waals surface area contributed by atoms with Crippen LogP contribution in [0.1, 0.15) is 12.5 Å². The number of benzene rings is 2. The Hall–Kier alpha value is -3.54. The second-order valence-electron chi connectivity index (χ2n) is 5.79. The van der Waals surface area contributed by atoms with E-state index in [1.807, 2.05) is 30.3 Å². The Morgan fingerprint density at radius 1 is 1.19 bits per heavy atom. The SMILES string of the molecule is C=c1[nH]n(-c2ccccc2)c(=O)/c1=C/c1ccc(O[C@H](C)C(=O)O)cc1. The third-order valence-corrected chi connectivity index (χ3v) is 3.87. The van der Waals surface area contributed by atoms with Gasteiger partial charge in [-0.05, 0) is 42.8 Å². The molecule has 1 aromatic heterocycles. The molecule has 2 N–H and O–H groups in total. The van der Waals surface area contributed by atoms with Crippen LogP contribution >= 0.6 is 0 Å². The largest absolute Gasteiger partial charge is 0.479 e. The Bertz CT molecular complexity index is 1080. The number of aromatic nitrogens is 2. The van der Waals surface area contributed by atoms with E-state index in [0.717, 1.165) is 11.3 Å². The number of ether oxygens (including phenoxy) is 1. The standard InChI is InChI=1S/C20H18N2O4/c1-13-18(19(23)22(21-13)16-6-4-3-5-7-16)12-15-8-10-17(11-9-15)26-14(2)20(24)25/h3-12,14,21H,1H2,2H3,(H,24,25)/b18-12+/t14-/m1/s1. The van der Waals surface area contributed by atoms with Crippen molar-refractivity contribution in [2.75, 3.05) is 0 Å². The minimum Gasteiger partial charge on any atom is -0.479 e. The zero-order valence-electron chi connectivity index (χ0n) is 14.2. The predicted molar refractivity (Wildman–Crippen MR) is 98.9 cm³/mol. The summed E-state index contributed by atoms with van der Waals surface area (Å²) in [5, 5.41) is 12.8. The van der Waals surface area contributed by atoms with Crippen LogP contribution < -0.4 is 20.9 Å². The number of nitrogens with one attached hydrogen (secondary N) is 1. The predicted octanol–water partition coefficient (Wildman–Crippen LogP) is 1.26. The maximum absolute atomic E-state index is 12.7. The molecule has 0 aliphatic rings. The zero-order chi connectivity index (χ0) is 18.7. The van der Waals surface area contributed by atoms with Crippen LogP contribution in [0.3, 0.4) is 0 Å². The molecular formula is C20H18N2O4. The summed E-state index contributed by atoms with van der Waals surface area (Å²) < 4.78 is 6.74. The van der Waals surface area contributed by atoms with Crippen molar-refractivity contribution in [1.82, 2.24) is 9.78 Å². The Morgan fingerprint density at radius 2 is 1.85 bits per heavy atom. The topological polar surface area (TPSA) is 84.3 Å². The maximum atomic E-state index is 12.7. The van der Waals surface area contributed by atoms with Crippen molar-refractivity contribution in [2.24, 2.45) is 0 Å². The molecule has 3 rings (SSSR count). The van der Waals surface area contributed by atoms with Crippen molar-refractivity contribution in [1.29, 1.82) is 0 Å². The highest BCUT2D eigenvalue weighted by atomic mass is 16.5. The highest BCUT2D eigenvalue weighted by Crippen LogP contribution is 2.14. The van der Waals surface area contributed by atoms with Gasteiger partial charge in [-0.3, -0.25) is 9.89 Å². The van der Waals surface area contributed by atoms with E-state index in [-0.39, 0.29) is 5.56 Å². The summed E-state index contributed by atoms with van der Waals surface area (Å²) in [4.78, 5) is 23.5. The van der Waals surface area contributed by atoms with Crippen LogP contribution in [0.25, 0.3) is 18.3 Å². The van der Waals surface area contributed by atoms with Crippen molar-refractivity contribution in [3.8, 4) is 11.4 Å². The van der Waals surface area contributed by atoms with E-state index in [9.17, 15) is 9.59 Å². The number of carboxylic acid groups (broad SMARTS) is 1.